The third-order valence-electron chi connectivity index (χ3n) is 2.73. The van der Waals surface area contributed by atoms with E-state index in [1.54, 1.807) is 19.4 Å². The van der Waals surface area contributed by atoms with E-state index in [1.807, 2.05) is 24.6 Å². The van der Waals surface area contributed by atoms with Crippen LogP contribution >= 0.6 is 0 Å². The topological polar surface area (TPSA) is 67.2 Å². The first-order chi connectivity index (χ1) is 7.94. The molecule has 1 aromatic heterocycles. The Morgan fingerprint density at radius 2 is 2.29 bits per heavy atom. The number of carbonyl (C=O) groups is 1. The molecule has 1 atom stereocenters. The Labute approximate surface area is 102 Å². The normalized spacial score (nSPS) is 14.8. The molecule has 0 fully saturated rings. The molecule has 2 N–H and O–H groups in total. The van der Waals surface area contributed by atoms with Crippen LogP contribution in [0.4, 0.5) is 0 Å². The van der Waals surface area contributed by atoms with Gasteiger partial charge in [0.15, 0.2) is 0 Å². The quantitative estimate of drug-likeness (QED) is 0.756. The van der Waals surface area contributed by atoms with E-state index in [-0.39, 0.29) is 6.04 Å². The maximum absolute atomic E-state index is 11.3. The number of nitrogens with zero attached hydrogens (tertiary/aromatic N) is 2. The van der Waals surface area contributed by atoms with Gasteiger partial charge in [-0.15, -0.1) is 0 Å². The smallest absolute Gasteiger partial charge is 0.323 e. The summed E-state index contributed by atoms with van der Waals surface area (Å²) in [5, 5.41) is 12.4. The molecule has 96 valence electrons. The number of aliphatic carboxylic acids is 1. The van der Waals surface area contributed by atoms with Crippen molar-refractivity contribution < 1.29 is 9.90 Å². The zero-order valence-corrected chi connectivity index (χ0v) is 10.7. The summed E-state index contributed by atoms with van der Waals surface area (Å²) in [6, 6.07) is 0.157. The minimum atomic E-state index is -0.852. The van der Waals surface area contributed by atoms with Crippen molar-refractivity contribution in [1.82, 2.24) is 14.9 Å². The minimum absolute atomic E-state index is 0.157. The highest BCUT2D eigenvalue weighted by molar-refractivity contribution is 5.78. The second-order valence-electron chi connectivity index (χ2n) is 4.84. The molecular formula is C12H21N3O2. The lowest BCUT2D eigenvalue weighted by Gasteiger charge is -2.28. The van der Waals surface area contributed by atoms with E-state index in [0.29, 0.717) is 6.42 Å². The van der Waals surface area contributed by atoms with Gasteiger partial charge in [0.25, 0.3) is 0 Å². The Kier molecular flexibility index (Phi) is 4.69. The number of hydrogen-bond donors (Lipinski definition) is 2. The van der Waals surface area contributed by atoms with E-state index in [1.165, 1.54) is 0 Å². The fourth-order valence-electron chi connectivity index (χ4n) is 1.91. The van der Waals surface area contributed by atoms with Gasteiger partial charge in [0, 0.05) is 25.0 Å². The Morgan fingerprint density at radius 1 is 1.59 bits per heavy atom. The maximum atomic E-state index is 11.3. The van der Waals surface area contributed by atoms with Crippen molar-refractivity contribution in [1.29, 1.82) is 0 Å². The molecule has 1 rings (SSSR count). The molecule has 0 saturated carbocycles. The van der Waals surface area contributed by atoms with Gasteiger partial charge < -0.3 is 9.67 Å². The molecule has 1 heterocycles. The van der Waals surface area contributed by atoms with Crippen molar-refractivity contribution in [2.75, 3.05) is 0 Å². The van der Waals surface area contributed by atoms with Crippen molar-refractivity contribution in [3.05, 3.63) is 18.7 Å². The summed E-state index contributed by atoms with van der Waals surface area (Å²) in [6.45, 7) is 6.44. The Morgan fingerprint density at radius 3 is 2.76 bits per heavy atom. The second-order valence-corrected chi connectivity index (χ2v) is 4.84. The van der Waals surface area contributed by atoms with Gasteiger partial charge in [-0.3, -0.25) is 10.1 Å². The van der Waals surface area contributed by atoms with Gasteiger partial charge in [-0.1, -0.05) is 0 Å². The van der Waals surface area contributed by atoms with Crippen LogP contribution in [-0.2, 0) is 11.3 Å². The molecule has 0 radical (unpaired) electrons. The maximum Gasteiger partial charge on any atom is 0.323 e. The molecule has 0 aromatic carbocycles. The molecule has 0 bridgehead atoms. The third-order valence-corrected chi connectivity index (χ3v) is 2.73. The van der Waals surface area contributed by atoms with Crippen LogP contribution in [-0.4, -0.2) is 32.2 Å². The van der Waals surface area contributed by atoms with E-state index in [2.05, 4.69) is 10.3 Å². The summed E-state index contributed by atoms with van der Waals surface area (Å²) in [6.07, 6.45) is 6.75. The van der Waals surface area contributed by atoms with Gasteiger partial charge in [-0.05, 0) is 33.6 Å². The minimum Gasteiger partial charge on any atom is -0.480 e. The standard InChI is InChI=1S/C12H21N3O2/c1-10(2)14-12(3,11(16)17)5-4-7-15-8-6-13-9-15/h6,8-10,14H,4-5,7H2,1-3H3,(H,16,17). The van der Waals surface area contributed by atoms with Crippen molar-refractivity contribution in [3.8, 4) is 0 Å². The van der Waals surface area contributed by atoms with E-state index in [0.717, 1.165) is 13.0 Å². The van der Waals surface area contributed by atoms with Gasteiger partial charge in [0.2, 0.25) is 0 Å². The highest BCUT2D eigenvalue weighted by atomic mass is 16.4. The third kappa shape index (κ3) is 4.19. The van der Waals surface area contributed by atoms with Crippen LogP contribution in [0.3, 0.4) is 0 Å². The Bertz CT molecular complexity index is 349. The lowest BCUT2D eigenvalue weighted by molar-refractivity contribution is -0.144. The first-order valence-electron chi connectivity index (χ1n) is 5.91. The molecule has 0 aliphatic rings. The average Bonchev–Trinajstić information content (AvgIpc) is 2.69. The van der Waals surface area contributed by atoms with Crippen molar-refractivity contribution in [2.24, 2.45) is 0 Å². The molecule has 1 unspecified atom stereocenters. The van der Waals surface area contributed by atoms with Gasteiger partial charge in [-0.25, -0.2) is 4.98 Å². The molecule has 5 heteroatoms. The first-order valence-corrected chi connectivity index (χ1v) is 5.91. The van der Waals surface area contributed by atoms with Crippen molar-refractivity contribution >= 4 is 5.97 Å². The number of hydrogen-bond acceptors (Lipinski definition) is 3. The van der Waals surface area contributed by atoms with Gasteiger partial charge >= 0.3 is 5.97 Å². The summed E-state index contributed by atoms with van der Waals surface area (Å²) < 4.78 is 1.96. The molecule has 0 aliphatic carbocycles. The fraction of sp³-hybridized carbons (Fsp3) is 0.667. The highest BCUT2D eigenvalue weighted by Gasteiger charge is 2.32. The summed E-state index contributed by atoms with van der Waals surface area (Å²) in [5.74, 6) is -0.795. The predicted molar refractivity (Wildman–Crippen MR) is 65.8 cm³/mol. The number of aryl methyl sites for hydroxylation is 1. The van der Waals surface area contributed by atoms with E-state index >= 15 is 0 Å². The van der Waals surface area contributed by atoms with Gasteiger partial charge in [0.05, 0.1) is 6.33 Å². The number of rotatable bonds is 7. The molecule has 0 spiro atoms. The zero-order valence-electron chi connectivity index (χ0n) is 10.7. The number of carboxylic acid groups (broad SMARTS) is 1. The van der Waals surface area contributed by atoms with Crippen LogP contribution in [0.15, 0.2) is 18.7 Å². The monoisotopic (exact) mass is 239 g/mol. The first kappa shape index (κ1) is 13.7. The highest BCUT2D eigenvalue weighted by Crippen LogP contribution is 2.14. The largest absolute Gasteiger partial charge is 0.480 e. The van der Waals surface area contributed by atoms with E-state index < -0.39 is 11.5 Å². The lowest BCUT2D eigenvalue weighted by atomic mass is 9.95. The molecule has 0 aliphatic heterocycles. The number of imidazole rings is 1. The number of nitrogens with one attached hydrogen (secondary N) is 1. The molecule has 0 saturated heterocycles. The molecule has 5 nitrogen and oxygen atoms in total. The Balaban J connectivity index is 2.47. The van der Waals surface area contributed by atoms with Crippen LogP contribution < -0.4 is 5.32 Å². The lowest BCUT2D eigenvalue weighted by Crippen LogP contribution is -2.52. The summed E-state index contributed by atoms with van der Waals surface area (Å²) in [4.78, 5) is 15.2. The van der Waals surface area contributed by atoms with Gasteiger partial charge in [-0.2, -0.15) is 0 Å². The van der Waals surface area contributed by atoms with E-state index in [4.69, 9.17) is 0 Å². The van der Waals surface area contributed by atoms with Crippen LogP contribution in [0.2, 0.25) is 0 Å². The number of aromatic nitrogens is 2. The van der Waals surface area contributed by atoms with Crippen LogP contribution in [0.5, 0.6) is 0 Å². The fourth-order valence-corrected chi connectivity index (χ4v) is 1.91. The van der Waals surface area contributed by atoms with Gasteiger partial charge in [0.1, 0.15) is 5.54 Å². The van der Waals surface area contributed by atoms with Crippen LogP contribution in [0.1, 0.15) is 33.6 Å². The molecule has 0 amide bonds. The average molecular weight is 239 g/mol. The summed E-state index contributed by atoms with van der Waals surface area (Å²) >= 11 is 0. The number of carboxylic acids is 1. The van der Waals surface area contributed by atoms with Crippen LogP contribution in [0.25, 0.3) is 0 Å². The predicted octanol–water partition coefficient (Wildman–Crippen LogP) is 1.50. The van der Waals surface area contributed by atoms with E-state index in [9.17, 15) is 9.90 Å². The SMILES string of the molecule is CC(C)NC(C)(CCCn1ccnc1)C(=O)O. The Hall–Kier alpha value is -1.36. The van der Waals surface area contributed by atoms with Crippen LogP contribution in [0, 0.1) is 0 Å². The van der Waals surface area contributed by atoms with Crippen molar-refractivity contribution in [3.63, 3.8) is 0 Å². The molecular weight excluding hydrogens is 218 g/mol. The zero-order chi connectivity index (χ0) is 12.9. The second kappa shape index (κ2) is 5.82. The summed E-state index contributed by atoms with van der Waals surface area (Å²) in [7, 11) is 0. The molecule has 1 aromatic rings. The molecule has 17 heavy (non-hydrogen) atoms. The van der Waals surface area contributed by atoms with Crippen molar-refractivity contribution in [2.45, 2.75) is 51.7 Å². The summed E-state index contributed by atoms with van der Waals surface area (Å²) in [5.41, 5.74) is -0.852.